The third-order valence-corrected chi connectivity index (χ3v) is 8.43. The Morgan fingerprint density at radius 2 is 1.83 bits per heavy atom. The SMILES string of the molecule is CSc1ccc(C2OCC3(C)C(=O)CCC3C3CCC4=CC(=O)CCC4=C23)cc1. The minimum atomic E-state index is -0.379. The monoisotopic (exact) mass is 408 g/mol. The van der Waals surface area contributed by atoms with Gasteiger partial charge >= 0.3 is 0 Å². The highest BCUT2D eigenvalue weighted by molar-refractivity contribution is 7.98. The highest BCUT2D eigenvalue weighted by Gasteiger charge is 2.54. The minimum Gasteiger partial charge on any atom is -0.368 e. The number of hydrogen-bond acceptors (Lipinski definition) is 4. The number of benzene rings is 1. The summed E-state index contributed by atoms with van der Waals surface area (Å²) < 4.78 is 6.60. The molecule has 1 saturated heterocycles. The number of ether oxygens (including phenoxy) is 1. The van der Waals surface area contributed by atoms with E-state index >= 15 is 0 Å². The Morgan fingerprint density at radius 1 is 1.03 bits per heavy atom. The van der Waals surface area contributed by atoms with Crippen molar-refractivity contribution in [2.45, 2.75) is 56.4 Å². The van der Waals surface area contributed by atoms with E-state index in [4.69, 9.17) is 4.74 Å². The first-order chi connectivity index (χ1) is 14.0. The van der Waals surface area contributed by atoms with Crippen molar-refractivity contribution in [2.75, 3.05) is 12.9 Å². The molecule has 1 aromatic carbocycles. The second-order valence-electron chi connectivity index (χ2n) is 9.16. The molecule has 0 bridgehead atoms. The van der Waals surface area contributed by atoms with E-state index in [1.807, 2.05) is 6.08 Å². The summed E-state index contributed by atoms with van der Waals surface area (Å²) in [6.07, 6.45) is 8.88. The van der Waals surface area contributed by atoms with E-state index < -0.39 is 0 Å². The Morgan fingerprint density at radius 3 is 2.59 bits per heavy atom. The molecule has 4 atom stereocenters. The lowest BCUT2D eigenvalue weighted by atomic mass is 9.64. The molecule has 0 spiro atoms. The molecule has 1 aliphatic heterocycles. The molecule has 3 aliphatic carbocycles. The molecule has 1 aromatic rings. The van der Waals surface area contributed by atoms with Gasteiger partial charge in [0, 0.05) is 17.7 Å². The summed E-state index contributed by atoms with van der Waals surface area (Å²) in [5.41, 5.74) is 4.73. The Hall–Kier alpha value is -1.65. The van der Waals surface area contributed by atoms with Gasteiger partial charge in [-0.1, -0.05) is 19.1 Å². The third-order valence-electron chi connectivity index (χ3n) is 7.69. The van der Waals surface area contributed by atoms with Crippen molar-refractivity contribution in [1.29, 1.82) is 0 Å². The van der Waals surface area contributed by atoms with E-state index in [2.05, 4.69) is 37.4 Å². The van der Waals surface area contributed by atoms with Gasteiger partial charge in [0.05, 0.1) is 12.0 Å². The number of Topliss-reactive ketones (excluding diaryl/α,β-unsaturated/α-hetero) is 1. The van der Waals surface area contributed by atoms with Crippen LogP contribution in [0.3, 0.4) is 0 Å². The van der Waals surface area contributed by atoms with Crippen LogP contribution in [0.5, 0.6) is 0 Å². The van der Waals surface area contributed by atoms with Crippen LogP contribution in [-0.4, -0.2) is 24.4 Å². The van der Waals surface area contributed by atoms with Crippen LogP contribution in [0.1, 0.15) is 57.1 Å². The van der Waals surface area contributed by atoms with Crippen LogP contribution >= 0.6 is 11.8 Å². The molecule has 0 radical (unpaired) electrons. The fraction of sp³-hybridized carbons (Fsp3) is 0.520. The average molecular weight is 409 g/mol. The minimum absolute atomic E-state index is 0.113. The molecule has 5 rings (SSSR count). The van der Waals surface area contributed by atoms with E-state index in [1.165, 1.54) is 27.2 Å². The molecule has 0 amide bonds. The molecule has 4 unspecified atom stereocenters. The maximum Gasteiger partial charge on any atom is 0.156 e. The van der Waals surface area contributed by atoms with Crippen molar-refractivity contribution in [3.63, 3.8) is 0 Å². The fourth-order valence-electron chi connectivity index (χ4n) is 6.11. The van der Waals surface area contributed by atoms with Gasteiger partial charge in [0.2, 0.25) is 0 Å². The maximum atomic E-state index is 12.9. The number of ketones is 2. The van der Waals surface area contributed by atoms with Gasteiger partial charge in [0.25, 0.3) is 0 Å². The summed E-state index contributed by atoms with van der Waals surface area (Å²) in [6, 6.07) is 8.68. The van der Waals surface area contributed by atoms with E-state index in [0.29, 0.717) is 37.1 Å². The van der Waals surface area contributed by atoms with Crippen LogP contribution in [0.25, 0.3) is 0 Å². The van der Waals surface area contributed by atoms with Crippen LogP contribution in [0.15, 0.2) is 52.0 Å². The van der Waals surface area contributed by atoms with Gasteiger partial charge in [-0.2, -0.15) is 0 Å². The Balaban J connectivity index is 1.66. The lowest BCUT2D eigenvalue weighted by Gasteiger charge is -2.39. The van der Waals surface area contributed by atoms with Crippen LogP contribution in [0.4, 0.5) is 0 Å². The summed E-state index contributed by atoms with van der Waals surface area (Å²) in [6.45, 7) is 2.63. The van der Waals surface area contributed by atoms with Crippen molar-refractivity contribution in [3.05, 3.63) is 52.6 Å². The van der Waals surface area contributed by atoms with Gasteiger partial charge in [-0.25, -0.2) is 0 Å². The largest absolute Gasteiger partial charge is 0.368 e. The standard InChI is InChI=1S/C25H28O3S/c1-25-14-28-24(15-3-7-18(29-2)8-4-15)23-19-10-6-17(26)13-16(19)5-9-20(23)21(25)11-12-22(25)27/h3-4,7-8,13,20-21,24H,5-6,9-12,14H2,1-2H3. The quantitative estimate of drug-likeness (QED) is 0.610. The molecule has 152 valence electrons. The number of thioether (sulfide) groups is 1. The Kier molecular flexibility index (Phi) is 4.83. The van der Waals surface area contributed by atoms with Crippen LogP contribution in [0, 0.1) is 17.3 Å². The molecule has 3 nitrogen and oxygen atoms in total. The van der Waals surface area contributed by atoms with E-state index in [-0.39, 0.29) is 17.3 Å². The predicted octanol–water partition coefficient (Wildman–Crippen LogP) is 5.46. The molecule has 29 heavy (non-hydrogen) atoms. The van der Waals surface area contributed by atoms with Gasteiger partial charge < -0.3 is 4.74 Å². The summed E-state index contributed by atoms with van der Waals surface area (Å²) in [7, 11) is 0. The summed E-state index contributed by atoms with van der Waals surface area (Å²) in [4.78, 5) is 26.2. The van der Waals surface area contributed by atoms with Crippen molar-refractivity contribution >= 4 is 23.3 Å². The number of carbonyl (C=O) groups excluding carboxylic acids is 2. The number of fused-ring (bicyclic) bond motifs is 4. The van der Waals surface area contributed by atoms with E-state index in [1.54, 1.807) is 11.8 Å². The van der Waals surface area contributed by atoms with Crippen LogP contribution in [0.2, 0.25) is 0 Å². The van der Waals surface area contributed by atoms with Gasteiger partial charge in [0.15, 0.2) is 5.78 Å². The van der Waals surface area contributed by atoms with Gasteiger partial charge in [-0.05, 0) is 84.3 Å². The average Bonchev–Trinajstić information content (AvgIpc) is 2.95. The second kappa shape index (κ2) is 7.24. The molecule has 1 heterocycles. The summed E-state index contributed by atoms with van der Waals surface area (Å²) in [5, 5.41) is 0. The van der Waals surface area contributed by atoms with Crippen molar-refractivity contribution < 1.29 is 14.3 Å². The summed E-state index contributed by atoms with van der Waals surface area (Å²) >= 11 is 1.74. The van der Waals surface area contributed by atoms with Crippen molar-refractivity contribution in [2.24, 2.45) is 17.3 Å². The number of allylic oxidation sites excluding steroid dienone is 3. The Labute approximate surface area is 177 Å². The third kappa shape index (κ3) is 3.07. The molecule has 1 saturated carbocycles. The van der Waals surface area contributed by atoms with Crippen LogP contribution < -0.4 is 0 Å². The lowest BCUT2D eigenvalue weighted by Crippen LogP contribution is -2.36. The van der Waals surface area contributed by atoms with Gasteiger partial charge in [-0.3, -0.25) is 9.59 Å². The first-order valence-corrected chi connectivity index (χ1v) is 12.0. The lowest BCUT2D eigenvalue weighted by molar-refractivity contribution is -0.130. The second-order valence-corrected chi connectivity index (χ2v) is 10.0. The molecule has 0 N–H and O–H groups in total. The number of rotatable bonds is 2. The first-order valence-electron chi connectivity index (χ1n) is 10.8. The van der Waals surface area contributed by atoms with E-state index in [0.717, 1.165) is 25.7 Å². The molecule has 0 aromatic heterocycles. The van der Waals surface area contributed by atoms with Crippen molar-refractivity contribution in [1.82, 2.24) is 0 Å². The molecular formula is C25H28O3S. The topological polar surface area (TPSA) is 43.4 Å². The molecular weight excluding hydrogens is 380 g/mol. The fourth-order valence-corrected chi connectivity index (χ4v) is 6.52. The first kappa shape index (κ1) is 19.3. The van der Waals surface area contributed by atoms with E-state index in [9.17, 15) is 9.59 Å². The number of hydrogen-bond donors (Lipinski definition) is 0. The van der Waals surface area contributed by atoms with Crippen LogP contribution in [-0.2, 0) is 14.3 Å². The maximum absolute atomic E-state index is 12.9. The zero-order valence-electron chi connectivity index (χ0n) is 17.2. The van der Waals surface area contributed by atoms with Gasteiger partial charge in [-0.15, -0.1) is 11.8 Å². The highest BCUT2D eigenvalue weighted by atomic mass is 32.2. The van der Waals surface area contributed by atoms with Crippen molar-refractivity contribution in [3.8, 4) is 0 Å². The molecule has 2 fully saturated rings. The molecule has 4 aliphatic rings. The zero-order valence-corrected chi connectivity index (χ0v) is 18.0. The normalized spacial score (nSPS) is 34.3. The smallest absolute Gasteiger partial charge is 0.156 e. The van der Waals surface area contributed by atoms with Gasteiger partial charge in [0.1, 0.15) is 11.9 Å². The molecule has 4 heteroatoms. The predicted molar refractivity (Wildman–Crippen MR) is 115 cm³/mol. The zero-order chi connectivity index (χ0) is 20.2. The summed E-state index contributed by atoms with van der Waals surface area (Å²) in [5.74, 6) is 1.34. The number of carbonyl (C=O) groups is 2. The highest BCUT2D eigenvalue weighted by Crippen LogP contribution is 2.57. The Bertz CT molecular complexity index is 926.